The number of carboxylic acid groups (broad SMARTS) is 1. The maximum Gasteiger partial charge on any atom is 0.337 e. The van der Waals surface area contributed by atoms with E-state index in [1.807, 2.05) is 0 Å². The third-order valence-corrected chi connectivity index (χ3v) is 2.33. The normalized spacial score (nSPS) is 14.2. The zero-order valence-corrected chi connectivity index (χ0v) is 9.25. The molecule has 1 aromatic rings. The SMILES string of the molecule is CC(O)(CNc1cccc(Cl)c1F)C(=O)O. The van der Waals surface area contributed by atoms with E-state index in [9.17, 15) is 14.3 Å². The van der Waals surface area contributed by atoms with Gasteiger partial charge in [-0.25, -0.2) is 9.18 Å². The molecule has 16 heavy (non-hydrogen) atoms. The topological polar surface area (TPSA) is 69.6 Å². The van der Waals surface area contributed by atoms with Crippen molar-refractivity contribution in [1.29, 1.82) is 0 Å². The number of nitrogens with one attached hydrogen (secondary N) is 1. The van der Waals surface area contributed by atoms with Gasteiger partial charge in [0.15, 0.2) is 11.4 Å². The molecule has 3 N–H and O–H groups in total. The van der Waals surface area contributed by atoms with Crippen LogP contribution in [0.4, 0.5) is 10.1 Å². The molecule has 1 aromatic carbocycles. The predicted molar refractivity (Wildman–Crippen MR) is 58.2 cm³/mol. The van der Waals surface area contributed by atoms with E-state index < -0.39 is 17.4 Å². The van der Waals surface area contributed by atoms with E-state index in [1.165, 1.54) is 18.2 Å². The van der Waals surface area contributed by atoms with Crippen molar-refractivity contribution >= 4 is 23.3 Å². The van der Waals surface area contributed by atoms with Crippen molar-refractivity contribution in [2.45, 2.75) is 12.5 Å². The lowest BCUT2D eigenvalue weighted by Crippen LogP contribution is -2.41. The summed E-state index contributed by atoms with van der Waals surface area (Å²) in [5.74, 6) is -2.06. The molecule has 0 aliphatic carbocycles. The van der Waals surface area contributed by atoms with Crippen molar-refractivity contribution < 1.29 is 19.4 Å². The van der Waals surface area contributed by atoms with E-state index in [0.29, 0.717) is 0 Å². The molecular formula is C10H11ClFNO3. The number of anilines is 1. The summed E-state index contributed by atoms with van der Waals surface area (Å²) < 4.78 is 13.4. The third kappa shape index (κ3) is 2.84. The van der Waals surface area contributed by atoms with Crippen molar-refractivity contribution in [3.05, 3.63) is 29.0 Å². The number of hydrogen-bond acceptors (Lipinski definition) is 3. The molecule has 0 heterocycles. The monoisotopic (exact) mass is 247 g/mol. The van der Waals surface area contributed by atoms with Gasteiger partial charge in [-0.2, -0.15) is 0 Å². The summed E-state index contributed by atoms with van der Waals surface area (Å²) in [4.78, 5) is 10.6. The van der Waals surface area contributed by atoms with Gasteiger partial charge in [0.1, 0.15) is 0 Å². The highest BCUT2D eigenvalue weighted by Crippen LogP contribution is 2.22. The van der Waals surface area contributed by atoms with E-state index >= 15 is 0 Å². The second kappa shape index (κ2) is 4.67. The molecule has 88 valence electrons. The number of rotatable bonds is 4. The molecule has 0 fully saturated rings. The minimum absolute atomic E-state index is 0.0500. The summed E-state index contributed by atoms with van der Waals surface area (Å²) >= 11 is 5.53. The lowest BCUT2D eigenvalue weighted by atomic mass is 10.1. The van der Waals surface area contributed by atoms with Crippen LogP contribution in [0.5, 0.6) is 0 Å². The van der Waals surface area contributed by atoms with Crippen molar-refractivity contribution in [2.24, 2.45) is 0 Å². The van der Waals surface area contributed by atoms with Gasteiger partial charge in [0.2, 0.25) is 0 Å². The molecule has 0 aliphatic rings. The van der Waals surface area contributed by atoms with E-state index in [2.05, 4.69) is 5.32 Å². The van der Waals surface area contributed by atoms with Gasteiger partial charge < -0.3 is 15.5 Å². The average Bonchev–Trinajstić information content (AvgIpc) is 2.20. The van der Waals surface area contributed by atoms with Gasteiger partial charge in [-0.1, -0.05) is 17.7 Å². The Morgan fingerprint density at radius 3 is 2.81 bits per heavy atom. The molecule has 4 nitrogen and oxygen atoms in total. The molecule has 0 bridgehead atoms. The predicted octanol–water partition coefficient (Wildman–Crippen LogP) is 1.73. The molecule has 0 spiro atoms. The smallest absolute Gasteiger partial charge is 0.337 e. The van der Waals surface area contributed by atoms with Crippen molar-refractivity contribution in [2.75, 3.05) is 11.9 Å². The fourth-order valence-corrected chi connectivity index (χ4v) is 1.16. The van der Waals surface area contributed by atoms with Crippen molar-refractivity contribution in [1.82, 2.24) is 0 Å². The molecule has 0 amide bonds. The summed E-state index contributed by atoms with van der Waals surface area (Å²) in [6.45, 7) is 0.796. The summed E-state index contributed by atoms with van der Waals surface area (Å²) in [6.07, 6.45) is 0. The first-order chi connectivity index (χ1) is 7.34. The summed E-state index contributed by atoms with van der Waals surface area (Å²) in [5.41, 5.74) is -1.91. The molecule has 1 rings (SSSR count). The highest BCUT2D eigenvalue weighted by atomic mass is 35.5. The minimum Gasteiger partial charge on any atom is -0.479 e. The van der Waals surface area contributed by atoms with Crippen LogP contribution in [0.2, 0.25) is 5.02 Å². The van der Waals surface area contributed by atoms with Crippen LogP contribution in [0.15, 0.2) is 18.2 Å². The molecular weight excluding hydrogens is 237 g/mol. The number of halogens is 2. The molecule has 0 saturated carbocycles. The van der Waals surface area contributed by atoms with Gasteiger partial charge in [0.05, 0.1) is 17.3 Å². The Morgan fingerprint density at radius 1 is 1.62 bits per heavy atom. The van der Waals surface area contributed by atoms with Crippen LogP contribution in [0.25, 0.3) is 0 Å². The summed E-state index contributed by atoms with van der Waals surface area (Å²) in [5, 5.41) is 20.4. The van der Waals surface area contributed by atoms with Crippen LogP contribution in [0.1, 0.15) is 6.92 Å². The Balaban J connectivity index is 2.76. The van der Waals surface area contributed by atoms with Gasteiger partial charge in [-0.3, -0.25) is 0 Å². The first-order valence-corrected chi connectivity index (χ1v) is 4.86. The standard InChI is InChI=1S/C10H11ClFNO3/c1-10(16,9(14)15)5-13-7-4-2-3-6(11)8(7)12/h2-4,13,16H,5H2,1H3,(H,14,15). The van der Waals surface area contributed by atoms with Gasteiger partial charge in [-0.05, 0) is 19.1 Å². The number of benzene rings is 1. The minimum atomic E-state index is -1.96. The Morgan fingerprint density at radius 2 is 2.25 bits per heavy atom. The van der Waals surface area contributed by atoms with Crippen LogP contribution < -0.4 is 5.32 Å². The van der Waals surface area contributed by atoms with E-state index in [0.717, 1.165) is 6.92 Å². The fraction of sp³-hybridized carbons (Fsp3) is 0.300. The first kappa shape index (κ1) is 12.7. The van der Waals surface area contributed by atoms with E-state index in [1.54, 1.807) is 0 Å². The second-order valence-electron chi connectivity index (χ2n) is 3.53. The Bertz CT molecular complexity index is 409. The van der Waals surface area contributed by atoms with Crippen molar-refractivity contribution in [3.8, 4) is 0 Å². The number of aliphatic carboxylic acids is 1. The van der Waals surface area contributed by atoms with Crippen LogP contribution in [-0.4, -0.2) is 28.3 Å². The molecule has 6 heteroatoms. The molecule has 1 atom stereocenters. The van der Waals surface area contributed by atoms with Gasteiger partial charge >= 0.3 is 5.97 Å². The molecule has 0 aliphatic heterocycles. The average molecular weight is 248 g/mol. The molecule has 0 saturated heterocycles. The van der Waals surface area contributed by atoms with E-state index in [4.69, 9.17) is 16.7 Å². The van der Waals surface area contributed by atoms with Crippen LogP contribution in [-0.2, 0) is 4.79 Å². The molecule has 0 aromatic heterocycles. The molecule has 1 unspecified atom stereocenters. The maximum absolute atomic E-state index is 13.4. The number of carbonyl (C=O) groups is 1. The van der Waals surface area contributed by atoms with Crippen molar-refractivity contribution in [3.63, 3.8) is 0 Å². The Hall–Kier alpha value is -1.33. The lowest BCUT2D eigenvalue weighted by Gasteiger charge is -2.19. The van der Waals surface area contributed by atoms with Gasteiger partial charge in [0, 0.05) is 0 Å². The number of hydrogen-bond donors (Lipinski definition) is 3. The fourth-order valence-electron chi connectivity index (χ4n) is 0.983. The zero-order valence-electron chi connectivity index (χ0n) is 8.50. The van der Waals surface area contributed by atoms with Gasteiger partial charge in [0.25, 0.3) is 0 Å². The summed E-state index contributed by atoms with van der Waals surface area (Å²) in [6, 6.07) is 4.29. The lowest BCUT2D eigenvalue weighted by molar-refractivity contribution is -0.155. The third-order valence-electron chi connectivity index (χ3n) is 2.04. The summed E-state index contributed by atoms with van der Waals surface area (Å²) in [7, 11) is 0. The highest BCUT2D eigenvalue weighted by molar-refractivity contribution is 6.31. The van der Waals surface area contributed by atoms with E-state index in [-0.39, 0.29) is 17.3 Å². The van der Waals surface area contributed by atoms with Gasteiger partial charge in [-0.15, -0.1) is 0 Å². The Labute approximate surface area is 96.7 Å². The Kier molecular flexibility index (Phi) is 3.72. The van der Waals surface area contributed by atoms with Crippen LogP contribution in [0, 0.1) is 5.82 Å². The quantitative estimate of drug-likeness (QED) is 0.758. The second-order valence-corrected chi connectivity index (χ2v) is 3.94. The zero-order chi connectivity index (χ0) is 12.3. The van der Waals surface area contributed by atoms with Crippen LogP contribution >= 0.6 is 11.6 Å². The van der Waals surface area contributed by atoms with Crippen LogP contribution in [0.3, 0.4) is 0 Å². The first-order valence-electron chi connectivity index (χ1n) is 4.48. The number of aliphatic hydroxyl groups is 1. The maximum atomic E-state index is 13.4. The number of carboxylic acids is 1. The highest BCUT2D eigenvalue weighted by Gasteiger charge is 2.29. The largest absolute Gasteiger partial charge is 0.479 e. The molecule has 0 radical (unpaired) electrons.